The Labute approximate surface area is 76.9 Å². The van der Waals surface area contributed by atoms with Gasteiger partial charge in [0.2, 0.25) is 5.91 Å². The third-order valence-electron chi connectivity index (χ3n) is 2.15. The van der Waals surface area contributed by atoms with E-state index in [1.54, 1.807) is 0 Å². The molecule has 0 heterocycles. The molecular formula is C9H13NO3. The Morgan fingerprint density at radius 1 is 1.69 bits per heavy atom. The summed E-state index contributed by atoms with van der Waals surface area (Å²) < 4.78 is 4.57. The van der Waals surface area contributed by atoms with Crippen molar-refractivity contribution in [1.82, 2.24) is 5.32 Å². The maximum atomic E-state index is 10.9. The van der Waals surface area contributed by atoms with E-state index in [0.29, 0.717) is 6.54 Å². The first-order chi connectivity index (χ1) is 6.19. The molecule has 0 aromatic heterocycles. The van der Waals surface area contributed by atoms with Crippen molar-refractivity contribution in [3.63, 3.8) is 0 Å². The first-order valence-electron chi connectivity index (χ1n) is 4.17. The fourth-order valence-corrected chi connectivity index (χ4v) is 1.22. The Morgan fingerprint density at radius 3 is 2.92 bits per heavy atom. The number of methoxy groups -OCH3 is 1. The van der Waals surface area contributed by atoms with Crippen LogP contribution in [0.2, 0.25) is 0 Å². The number of hydrogen-bond acceptors (Lipinski definition) is 3. The van der Waals surface area contributed by atoms with E-state index in [-0.39, 0.29) is 23.7 Å². The standard InChI is InChI=1S/C9H13NO3/c1-3-8(11)10-5-6-4-7(6)9(12)13-2/h3,6-7H,1,4-5H2,2H3,(H,10,11)/t6-,7-/m1/s1. The molecule has 0 radical (unpaired) electrons. The van der Waals surface area contributed by atoms with Gasteiger partial charge >= 0.3 is 5.97 Å². The fraction of sp³-hybridized carbons (Fsp3) is 0.556. The Bertz CT molecular complexity index is 237. The smallest absolute Gasteiger partial charge is 0.309 e. The molecule has 0 spiro atoms. The number of amides is 1. The fourth-order valence-electron chi connectivity index (χ4n) is 1.22. The van der Waals surface area contributed by atoms with Crippen LogP contribution in [-0.4, -0.2) is 25.5 Å². The number of hydrogen-bond donors (Lipinski definition) is 1. The van der Waals surface area contributed by atoms with E-state index in [1.165, 1.54) is 13.2 Å². The summed E-state index contributed by atoms with van der Waals surface area (Å²) in [6, 6.07) is 0. The van der Waals surface area contributed by atoms with E-state index < -0.39 is 0 Å². The summed E-state index contributed by atoms with van der Waals surface area (Å²) >= 11 is 0. The average molecular weight is 183 g/mol. The van der Waals surface area contributed by atoms with Crippen molar-refractivity contribution in [2.75, 3.05) is 13.7 Å². The molecule has 0 aromatic carbocycles. The van der Waals surface area contributed by atoms with E-state index in [9.17, 15) is 9.59 Å². The van der Waals surface area contributed by atoms with Crippen LogP contribution in [0, 0.1) is 11.8 Å². The van der Waals surface area contributed by atoms with Gasteiger partial charge in [-0.15, -0.1) is 0 Å². The maximum Gasteiger partial charge on any atom is 0.309 e. The molecule has 0 aromatic rings. The number of esters is 1. The molecule has 1 amide bonds. The van der Waals surface area contributed by atoms with Crippen LogP contribution in [0.5, 0.6) is 0 Å². The van der Waals surface area contributed by atoms with E-state index >= 15 is 0 Å². The van der Waals surface area contributed by atoms with Crippen molar-refractivity contribution < 1.29 is 14.3 Å². The van der Waals surface area contributed by atoms with Gasteiger partial charge in [-0.2, -0.15) is 0 Å². The van der Waals surface area contributed by atoms with Crippen LogP contribution in [0.1, 0.15) is 6.42 Å². The van der Waals surface area contributed by atoms with Gasteiger partial charge in [-0.05, 0) is 18.4 Å². The SMILES string of the molecule is C=CC(=O)NC[C@H]1C[C@H]1C(=O)OC. The number of ether oxygens (including phenoxy) is 1. The summed E-state index contributed by atoms with van der Waals surface area (Å²) in [6.07, 6.45) is 2.03. The molecular weight excluding hydrogens is 170 g/mol. The molecule has 0 saturated heterocycles. The molecule has 0 unspecified atom stereocenters. The van der Waals surface area contributed by atoms with Crippen LogP contribution >= 0.6 is 0 Å². The van der Waals surface area contributed by atoms with Gasteiger partial charge in [0.1, 0.15) is 0 Å². The van der Waals surface area contributed by atoms with Crippen LogP contribution in [0.25, 0.3) is 0 Å². The van der Waals surface area contributed by atoms with Crippen molar-refractivity contribution in [1.29, 1.82) is 0 Å². The molecule has 1 saturated carbocycles. The normalized spacial score (nSPS) is 24.7. The van der Waals surface area contributed by atoms with Gasteiger partial charge < -0.3 is 10.1 Å². The molecule has 1 rings (SSSR count). The highest BCUT2D eigenvalue weighted by Gasteiger charge is 2.43. The van der Waals surface area contributed by atoms with E-state index in [4.69, 9.17) is 0 Å². The van der Waals surface area contributed by atoms with Crippen molar-refractivity contribution in [3.05, 3.63) is 12.7 Å². The minimum atomic E-state index is -0.199. The summed E-state index contributed by atoms with van der Waals surface area (Å²) in [6.45, 7) is 3.86. The van der Waals surface area contributed by atoms with E-state index in [2.05, 4.69) is 16.6 Å². The molecule has 1 fully saturated rings. The Kier molecular flexibility index (Phi) is 3.06. The molecule has 2 atom stereocenters. The first-order valence-corrected chi connectivity index (χ1v) is 4.17. The summed E-state index contributed by atoms with van der Waals surface area (Å²) in [5.74, 6) is -0.153. The van der Waals surface area contributed by atoms with Gasteiger partial charge in [0.25, 0.3) is 0 Å². The lowest BCUT2D eigenvalue weighted by Crippen LogP contribution is -2.24. The summed E-state index contributed by atoms with van der Waals surface area (Å²) in [5, 5.41) is 2.64. The largest absolute Gasteiger partial charge is 0.469 e. The Balaban J connectivity index is 2.17. The lowest BCUT2D eigenvalue weighted by Gasteiger charge is -2.00. The predicted molar refractivity (Wildman–Crippen MR) is 46.8 cm³/mol. The number of rotatable bonds is 4. The summed E-state index contributed by atoms with van der Waals surface area (Å²) in [4.78, 5) is 21.7. The van der Waals surface area contributed by atoms with Crippen LogP contribution in [0.15, 0.2) is 12.7 Å². The van der Waals surface area contributed by atoms with Crippen molar-refractivity contribution in [2.45, 2.75) is 6.42 Å². The molecule has 13 heavy (non-hydrogen) atoms. The zero-order chi connectivity index (χ0) is 9.84. The third kappa shape index (κ3) is 2.57. The van der Waals surface area contributed by atoms with Gasteiger partial charge in [-0.25, -0.2) is 0 Å². The van der Waals surface area contributed by atoms with E-state index in [1.807, 2.05) is 0 Å². The van der Waals surface area contributed by atoms with Crippen molar-refractivity contribution in [2.24, 2.45) is 11.8 Å². The quantitative estimate of drug-likeness (QED) is 0.496. The van der Waals surface area contributed by atoms with Gasteiger partial charge in [-0.3, -0.25) is 9.59 Å². The number of carbonyl (C=O) groups excluding carboxylic acids is 2. The van der Waals surface area contributed by atoms with Gasteiger partial charge in [0.15, 0.2) is 0 Å². The zero-order valence-corrected chi connectivity index (χ0v) is 7.58. The predicted octanol–water partition coefficient (Wildman–Crippen LogP) is 0.0977. The second-order valence-corrected chi connectivity index (χ2v) is 3.07. The third-order valence-corrected chi connectivity index (χ3v) is 2.15. The maximum absolute atomic E-state index is 10.9. The molecule has 4 nitrogen and oxygen atoms in total. The second-order valence-electron chi connectivity index (χ2n) is 3.07. The van der Waals surface area contributed by atoms with Crippen molar-refractivity contribution in [3.8, 4) is 0 Å². The average Bonchev–Trinajstić information content (AvgIpc) is 2.92. The van der Waals surface area contributed by atoms with Gasteiger partial charge in [0.05, 0.1) is 13.0 Å². The van der Waals surface area contributed by atoms with Crippen LogP contribution in [0.3, 0.4) is 0 Å². The van der Waals surface area contributed by atoms with Gasteiger partial charge in [-0.1, -0.05) is 6.58 Å². The monoisotopic (exact) mass is 183 g/mol. The first kappa shape index (κ1) is 9.77. The highest BCUT2D eigenvalue weighted by molar-refractivity contribution is 5.87. The molecule has 1 N–H and O–H groups in total. The Hall–Kier alpha value is -1.32. The van der Waals surface area contributed by atoms with Crippen LogP contribution in [-0.2, 0) is 14.3 Å². The topological polar surface area (TPSA) is 55.4 Å². The van der Waals surface area contributed by atoms with Crippen LogP contribution < -0.4 is 5.32 Å². The minimum Gasteiger partial charge on any atom is -0.469 e. The highest BCUT2D eigenvalue weighted by atomic mass is 16.5. The minimum absolute atomic E-state index is 0.0184. The summed E-state index contributed by atoms with van der Waals surface area (Å²) in [7, 11) is 1.38. The summed E-state index contributed by atoms with van der Waals surface area (Å²) in [5.41, 5.74) is 0. The second kappa shape index (κ2) is 4.07. The molecule has 72 valence electrons. The van der Waals surface area contributed by atoms with Crippen LogP contribution in [0.4, 0.5) is 0 Å². The molecule has 1 aliphatic carbocycles. The number of nitrogens with one attached hydrogen (secondary N) is 1. The lowest BCUT2D eigenvalue weighted by atomic mass is 10.3. The van der Waals surface area contributed by atoms with E-state index in [0.717, 1.165) is 6.42 Å². The lowest BCUT2D eigenvalue weighted by molar-refractivity contribution is -0.142. The molecule has 0 aliphatic heterocycles. The number of carbonyl (C=O) groups is 2. The molecule has 1 aliphatic rings. The molecule has 0 bridgehead atoms. The zero-order valence-electron chi connectivity index (χ0n) is 7.58. The van der Waals surface area contributed by atoms with Gasteiger partial charge in [0, 0.05) is 6.54 Å². The Morgan fingerprint density at radius 2 is 2.38 bits per heavy atom. The van der Waals surface area contributed by atoms with Crippen molar-refractivity contribution >= 4 is 11.9 Å². The highest BCUT2D eigenvalue weighted by Crippen LogP contribution is 2.38. The molecule has 4 heteroatoms.